The molecule has 2 aromatic heterocycles. The molecule has 2 heterocycles. The van der Waals surface area contributed by atoms with E-state index in [9.17, 15) is 4.79 Å². The first-order valence-corrected chi connectivity index (χ1v) is 8.26. The van der Waals surface area contributed by atoms with Crippen LogP contribution in [0.25, 0.3) is 10.2 Å². The Morgan fingerprint density at radius 2 is 2.04 bits per heavy atom. The quantitative estimate of drug-likeness (QED) is 0.762. The number of thiophene rings is 1. The van der Waals surface area contributed by atoms with Gasteiger partial charge in [-0.05, 0) is 24.1 Å². The Kier molecular flexibility index (Phi) is 5.05. The van der Waals surface area contributed by atoms with E-state index in [0.717, 1.165) is 20.7 Å². The fourth-order valence-corrected chi connectivity index (χ4v) is 3.18. The molecule has 7 heteroatoms. The van der Waals surface area contributed by atoms with E-state index in [-0.39, 0.29) is 6.61 Å². The molecule has 0 fully saturated rings. The van der Waals surface area contributed by atoms with Gasteiger partial charge in [-0.1, -0.05) is 41.9 Å². The Labute approximate surface area is 142 Å². The van der Waals surface area contributed by atoms with Crippen molar-refractivity contribution in [1.82, 2.24) is 15.5 Å². The van der Waals surface area contributed by atoms with Crippen LogP contribution in [-0.4, -0.2) is 22.8 Å². The summed E-state index contributed by atoms with van der Waals surface area (Å²) < 4.78 is 5.15. The highest BCUT2D eigenvalue weighted by molar-refractivity contribution is 7.18. The van der Waals surface area contributed by atoms with Gasteiger partial charge in [-0.3, -0.25) is 0 Å². The lowest BCUT2D eigenvalue weighted by atomic mass is 10.2. The molecule has 0 atom stereocenters. The van der Waals surface area contributed by atoms with Gasteiger partial charge in [0.2, 0.25) is 0 Å². The smallest absolute Gasteiger partial charge is 0.407 e. The van der Waals surface area contributed by atoms with Crippen molar-refractivity contribution < 1.29 is 9.53 Å². The maximum Gasteiger partial charge on any atom is 0.407 e. The summed E-state index contributed by atoms with van der Waals surface area (Å²) in [6.07, 6.45) is 0.289. The fraction of sp³-hybridized carbons (Fsp3) is 0.188. The van der Waals surface area contributed by atoms with E-state index < -0.39 is 6.09 Å². The molecule has 118 valence electrons. The summed E-state index contributed by atoms with van der Waals surface area (Å²) in [5.41, 5.74) is 0.961. The molecular weight excluding hydrogens is 334 g/mol. The molecule has 0 saturated heterocycles. The number of fused-ring (bicyclic) bond motifs is 1. The number of amides is 1. The number of carbonyl (C=O) groups is 1. The maximum absolute atomic E-state index is 11.7. The lowest BCUT2D eigenvalue weighted by Crippen LogP contribution is -2.26. The molecule has 3 aromatic rings. The van der Waals surface area contributed by atoms with Crippen molar-refractivity contribution in [1.29, 1.82) is 0 Å². The van der Waals surface area contributed by atoms with E-state index in [1.807, 2.05) is 36.4 Å². The van der Waals surface area contributed by atoms with Crippen molar-refractivity contribution in [3.8, 4) is 0 Å². The van der Waals surface area contributed by atoms with Crippen LogP contribution in [0.4, 0.5) is 4.79 Å². The van der Waals surface area contributed by atoms with Gasteiger partial charge in [-0.2, -0.15) is 0 Å². The van der Waals surface area contributed by atoms with E-state index in [2.05, 4.69) is 15.5 Å². The van der Waals surface area contributed by atoms with Gasteiger partial charge in [-0.25, -0.2) is 4.79 Å². The van der Waals surface area contributed by atoms with Gasteiger partial charge < -0.3 is 10.1 Å². The summed E-state index contributed by atoms with van der Waals surface area (Å²) in [4.78, 5) is 13.6. The molecule has 1 amide bonds. The summed E-state index contributed by atoms with van der Waals surface area (Å²) in [6.45, 7) is 0.769. The number of ether oxygens (including phenoxy) is 1. The third-order valence-electron chi connectivity index (χ3n) is 3.16. The number of benzene rings is 1. The molecule has 23 heavy (non-hydrogen) atoms. The Balaban J connectivity index is 1.45. The van der Waals surface area contributed by atoms with Gasteiger partial charge in [0.25, 0.3) is 0 Å². The van der Waals surface area contributed by atoms with Gasteiger partial charge in [0.05, 0.1) is 0 Å². The van der Waals surface area contributed by atoms with Crippen LogP contribution < -0.4 is 5.32 Å². The Morgan fingerprint density at radius 3 is 2.87 bits per heavy atom. The minimum atomic E-state index is -0.419. The van der Waals surface area contributed by atoms with E-state index in [1.54, 1.807) is 17.4 Å². The minimum absolute atomic E-state index is 0.268. The molecule has 0 saturated carbocycles. The van der Waals surface area contributed by atoms with Gasteiger partial charge in [0.15, 0.2) is 5.15 Å². The normalized spacial score (nSPS) is 10.7. The van der Waals surface area contributed by atoms with Crippen LogP contribution in [0.1, 0.15) is 10.4 Å². The average molecular weight is 348 g/mol. The predicted molar refractivity (Wildman–Crippen MR) is 90.8 cm³/mol. The van der Waals surface area contributed by atoms with Crippen LogP contribution in [0.2, 0.25) is 5.15 Å². The van der Waals surface area contributed by atoms with Crippen molar-refractivity contribution in [2.75, 3.05) is 6.54 Å². The highest BCUT2D eigenvalue weighted by Gasteiger charge is 2.06. The van der Waals surface area contributed by atoms with Gasteiger partial charge in [-0.15, -0.1) is 21.5 Å². The molecule has 0 aliphatic carbocycles. The van der Waals surface area contributed by atoms with Crippen molar-refractivity contribution in [3.05, 3.63) is 58.1 Å². The third kappa shape index (κ3) is 4.40. The number of nitrogens with one attached hydrogen (secondary N) is 1. The zero-order valence-corrected chi connectivity index (χ0v) is 13.7. The zero-order valence-electron chi connectivity index (χ0n) is 12.2. The average Bonchev–Trinajstić information content (AvgIpc) is 2.95. The first-order chi connectivity index (χ1) is 11.2. The summed E-state index contributed by atoms with van der Waals surface area (Å²) >= 11 is 7.36. The van der Waals surface area contributed by atoms with E-state index >= 15 is 0 Å². The van der Waals surface area contributed by atoms with Crippen molar-refractivity contribution >= 4 is 39.2 Å². The Bertz CT molecular complexity index is 807. The lowest BCUT2D eigenvalue weighted by Gasteiger charge is -2.06. The molecule has 0 bridgehead atoms. The molecule has 0 spiro atoms. The summed E-state index contributed by atoms with van der Waals surface area (Å²) in [7, 11) is 0. The molecule has 0 aliphatic rings. The van der Waals surface area contributed by atoms with E-state index in [0.29, 0.717) is 18.1 Å². The number of halogens is 1. The van der Waals surface area contributed by atoms with E-state index in [4.69, 9.17) is 16.3 Å². The van der Waals surface area contributed by atoms with Crippen molar-refractivity contribution in [2.24, 2.45) is 0 Å². The maximum atomic E-state index is 11.7. The number of aromatic nitrogens is 2. The molecule has 0 radical (unpaired) electrons. The van der Waals surface area contributed by atoms with Gasteiger partial charge in [0, 0.05) is 16.8 Å². The van der Waals surface area contributed by atoms with Crippen LogP contribution in [-0.2, 0) is 17.8 Å². The summed E-state index contributed by atoms with van der Waals surface area (Å²) in [5.74, 6) is 0. The fourth-order valence-electron chi connectivity index (χ4n) is 2.06. The first kappa shape index (κ1) is 15.7. The molecule has 0 unspecified atom stereocenters. The van der Waals surface area contributed by atoms with Crippen LogP contribution >= 0.6 is 22.9 Å². The SMILES string of the molecule is O=C(NCCc1cc2cc(Cl)nnc2s1)OCc1ccccc1. The highest BCUT2D eigenvalue weighted by Crippen LogP contribution is 2.24. The molecule has 5 nitrogen and oxygen atoms in total. The molecule has 1 N–H and O–H groups in total. The number of alkyl carbamates (subject to hydrolysis) is 1. The predicted octanol–water partition coefficient (Wildman–Crippen LogP) is 3.81. The monoisotopic (exact) mass is 347 g/mol. The number of nitrogens with zero attached hydrogens (tertiary/aromatic N) is 2. The van der Waals surface area contributed by atoms with Crippen LogP contribution in [0, 0.1) is 0 Å². The standard InChI is InChI=1S/C16H14ClN3O2S/c17-14-9-12-8-13(23-15(12)20-19-14)6-7-18-16(21)22-10-11-4-2-1-3-5-11/h1-5,8-9H,6-7,10H2,(H,18,21). The number of hydrogen-bond acceptors (Lipinski definition) is 5. The molecule has 3 rings (SSSR count). The first-order valence-electron chi connectivity index (χ1n) is 7.07. The van der Waals surface area contributed by atoms with Gasteiger partial charge in [0.1, 0.15) is 11.4 Å². The third-order valence-corrected chi connectivity index (χ3v) is 4.44. The Hall–Kier alpha value is -2.18. The number of carbonyl (C=O) groups excluding carboxylic acids is 1. The highest BCUT2D eigenvalue weighted by atomic mass is 35.5. The second-order valence-electron chi connectivity index (χ2n) is 4.88. The molecule has 0 aliphatic heterocycles. The number of rotatable bonds is 5. The summed E-state index contributed by atoms with van der Waals surface area (Å²) in [5, 5.41) is 11.9. The molecular formula is C16H14ClN3O2S. The van der Waals surface area contributed by atoms with Crippen LogP contribution in [0.5, 0.6) is 0 Å². The zero-order chi connectivity index (χ0) is 16.1. The Morgan fingerprint density at radius 1 is 1.22 bits per heavy atom. The van der Waals surface area contributed by atoms with Crippen LogP contribution in [0.15, 0.2) is 42.5 Å². The molecule has 1 aromatic carbocycles. The largest absolute Gasteiger partial charge is 0.445 e. The lowest BCUT2D eigenvalue weighted by molar-refractivity contribution is 0.140. The second-order valence-corrected chi connectivity index (χ2v) is 6.38. The van der Waals surface area contributed by atoms with Crippen molar-refractivity contribution in [3.63, 3.8) is 0 Å². The van der Waals surface area contributed by atoms with E-state index in [1.165, 1.54) is 0 Å². The van der Waals surface area contributed by atoms with Gasteiger partial charge >= 0.3 is 6.09 Å². The minimum Gasteiger partial charge on any atom is -0.445 e. The number of hydrogen-bond donors (Lipinski definition) is 1. The van der Waals surface area contributed by atoms with Crippen molar-refractivity contribution in [2.45, 2.75) is 13.0 Å². The second kappa shape index (κ2) is 7.39. The topological polar surface area (TPSA) is 64.1 Å². The van der Waals surface area contributed by atoms with Crippen LogP contribution in [0.3, 0.4) is 0 Å². The summed E-state index contributed by atoms with van der Waals surface area (Å²) in [6, 6.07) is 13.4.